The summed E-state index contributed by atoms with van der Waals surface area (Å²) in [7, 11) is 0. The highest BCUT2D eigenvalue weighted by Crippen LogP contribution is 2.17. The van der Waals surface area contributed by atoms with E-state index in [1.807, 2.05) is 35.2 Å². The Labute approximate surface area is 132 Å². The number of benzene rings is 1. The molecule has 0 spiro atoms. The largest absolute Gasteiger partial charge is 0.489 e. The number of nitrogens with zero attached hydrogens (tertiary/aromatic N) is 2. The lowest BCUT2D eigenvalue weighted by Crippen LogP contribution is -2.42. The molecule has 5 heteroatoms. The third-order valence-corrected chi connectivity index (χ3v) is 4.38. The minimum atomic E-state index is 0.0401. The second-order valence-electron chi connectivity index (χ2n) is 6.07. The normalized spacial score (nSPS) is 22.0. The van der Waals surface area contributed by atoms with Gasteiger partial charge >= 0.3 is 6.03 Å². The molecule has 2 aliphatic heterocycles. The molecule has 0 radical (unpaired) electrons. The van der Waals surface area contributed by atoms with E-state index in [-0.39, 0.29) is 12.1 Å². The van der Waals surface area contributed by atoms with Gasteiger partial charge in [0.2, 0.25) is 0 Å². The fourth-order valence-electron chi connectivity index (χ4n) is 3.14. The van der Waals surface area contributed by atoms with Crippen molar-refractivity contribution in [2.24, 2.45) is 0 Å². The van der Waals surface area contributed by atoms with Crippen molar-refractivity contribution in [2.45, 2.75) is 25.4 Å². The Morgan fingerprint density at radius 3 is 2.73 bits per heavy atom. The maximum atomic E-state index is 12.2. The highest BCUT2D eigenvalue weighted by molar-refractivity contribution is 5.74. The summed E-state index contributed by atoms with van der Waals surface area (Å²) < 4.78 is 5.91. The molecule has 0 bridgehead atoms. The van der Waals surface area contributed by atoms with Gasteiger partial charge in [0.25, 0.3) is 0 Å². The van der Waals surface area contributed by atoms with Gasteiger partial charge in [-0.1, -0.05) is 18.2 Å². The molecule has 0 saturated carbocycles. The van der Waals surface area contributed by atoms with Crippen molar-refractivity contribution >= 4 is 6.03 Å². The number of nitrogens with one attached hydrogen (secondary N) is 1. The first-order chi connectivity index (χ1) is 10.8. The van der Waals surface area contributed by atoms with Gasteiger partial charge in [-0.05, 0) is 38.1 Å². The van der Waals surface area contributed by atoms with Gasteiger partial charge in [0.05, 0.1) is 6.54 Å². The number of hydrogen-bond acceptors (Lipinski definition) is 3. The Hall–Kier alpha value is -1.75. The van der Waals surface area contributed by atoms with Crippen LogP contribution in [0, 0.1) is 0 Å². The molecule has 0 aliphatic carbocycles. The third kappa shape index (κ3) is 4.13. The van der Waals surface area contributed by atoms with Crippen LogP contribution in [0.25, 0.3) is 0 Å². The number of hydrogen-bond donors (Lipinski definition) is 1. The number of carbonyl (C=O) groups excluding carboxylic acids is 1. The predicted octanol–water partition coefficient (Wildman–Crippen LogP) is 1.95. The Bertz CT molecular complexity index is 474. The van der Waals surface area contributed by atoms with Gasteiger partial charge < -0.3 is 19.9 Å². The van der Waals surface area contributed by atoms with E-state index in [9.17, 15) is 4.79 Å². The lowest BCUT2D eigenvalue weighted by Gasteiger charge is -2.19. The van der Waals surface area contributed by atoms with E-state index in [0.717, 1.165) is 31.8 Å². The third-order valence-electron chi connectivity index (χ3n) is 4.38. The summed E-state index contributed by atoms with van der Waals surface area (Å²) in [5.74, 6) is 0.879. The second-order valence-corrected chi connectivity index (χ2v) is 6.07. The topological polar surface area (TPSA) is 44.8 Å². The summed E-state index contributed by atoms with van der Waals surface area (Å²) >= 11 is 0. The first kappa shape index (κ1) is 15.2. The van der Waals surface area contributed by atoms with E-state index >= 15 is 0 Å². The molecule has 0 aromatic heterocycles. The molecule has 22 heavy (non-hydrogen) atoms. The Morgan fingerprint density at radius 1 is 1.18 bits per heavy atom. The van der Waals surface area contributed by atoms with E-state index in [0.29, 0.717) is 6.54 Å². The van der Waals surface area contributed by atoms with Crippen LogP contribution < -0.4 is 10.1 Å². The van der Waals surface area contributed by atoms with Crippen molar-refractivity contribution in [3.8, 4) is 5.75 Å². The highest BCUT2D eigenvalue weighted by atomic mass is 16.5. The summed E-state index contributed by atoms with van der Waals surface area (Å²) in [6.45, 7) is 5.49. The van der Waals surface area contributed by atoms with Gasteiger partial charge in [-0.3, -0.25) is 0 Å². The van der Waals surface area contributed by atoms with Crippen molar-refractivity contribution in [2.75, 3.05) is 39.3 Å². The number of likely N-dealkylation sites (tertiary alicyclic amines) is 2. The summed E-state index contributed by atoms with van der Waals surface area (Å²) in [4.78, 5) is 16.4. The molecular formula is C17H25N3O2. The summed E-state index contributed by atoms with van der Waals surface area (Å²) in [5, 5.41) is 3.03. The zero-order valence-electron chi connectivity index (χ0n) is 13.0. The zero-order valence-corrected chi connectivity index (χ0v) is 13.0. The van der Waals surface area contributed by atoms with E-state index in [4.69, 9.17) is 4.74 Å². The summed E-state index contributed by atoms with van der Waals surface area (Å²) in [6, 6.07) is 9.86. The minimum Gasteiger partial charge on any atom is -0.489 e. The molecule has 1 aromatic rings. The van der Waals surface area contributed by atoms with Gasteiger partial charge in [-0.2, -0.15) is 0 Å². The van der Waals surface area contributed by atoms with Crippen molar-refractivity contribution in [1.82, 2.24) is 15.1 Å². The second kappa shape index (κ2) is 7.49. The smallest absolute Gasteiger partial charge is 0.317 e. The van der Waals surface area contributed by atoms with Crippen molar-refractivity contribution in [3.63, 3.8) is 0 Å². The molecule has 3 rings (SSSR count). The summed E-state index contributed by atoms with van der Waals surface area (Å²) in [6.07, 6.45) is 3.58. The number of ether oxygens (including phenoxy) is 1. The molecule has 1 unspecified atom stereocenters. The molecule has 2 aliphatic rings. The van der Waals surface area contributed by atoms with Crippen LogP contribution in [-0.2, 0) is 0 Å². The van der Waals surface area contributed by atoms with Crippen LogP contribution >= 0.6 is 0 Å². The van der Waals surface area contributed by atoms with Crippen molar-refractivity contribution in [3.05, 3.63) is 30.3 Å². The van der Waals surface area contributed by atoms with Gasteiger partial charge in [-0.25, -0.2) is 4.79 Å². The van der Waals surface area contributed by atoms with E-state index < -0.39 is 0 Å². The maximum Gasteiger partial charge on any atom is 0.317 e. The van der Waals surface area contributed by atoms with Crippen LogP contribution in [0.5, 0.6) is 5.75 Å². The molecule has 120 valence electrons. The Balaban J connectivity index is 1.37. The number of para-hydroxylation sites is 1. The SMILES string of the molecule is O=C(NCCN1CCCC1)N1CCC(Oc2ccccc2)C1. The number of rotatable bonds is 5. The molecular weight excluding hydrogens is 278 g/mol. The minimum absolute atomic E-state index is 0.0401. The van der Waals surface area contributed by atoms with Gasteiger partial charge in [0.15, 0.2) is 0 Å². The lowest BCUT2D eigenvalue weighted by molar-refractivity contribution is 0.186. The highest BCUT2D eigenvalue weighted by Gasteiger charge is 2.27. The van der Waals surface area contributed by atoms with E-state index in [2.05, 4.69) is 10.2 Å². The molecule has 2 fully saturated rings. The number of amides is 2. The quantitative estimate of drug-likeness (QED) is 0.904. The van der Waals surface area contributed by atoms with Crippen LogP contribution in [0.4, 0.5) is 4.79 Å². The van der Waals surface area contributed by atoms with Crippen LogP contribution in [0.1, 0.15) is 19.3 Å². The molecule has 1 aromatic carbocycles. The maximum absolute atomic E-state index is 12.2. The van der Waals surface area contributed by atoms with Crippen molar-refractivity contribution in [1.29, 1.82) is 0 Å². The molecule has 2 heterocycles. The summed E-state index contributed by atoms with van der Waals surface area (Å²) in [5.41, 5.74) is 0. The van der Waals surface area contributed by atoms with Crippen LogP contribution in [0.3, 0.4) is 0 Å². The van der Waals surface area contributed by atoms with Gasteiger partial charge in [0.1, 0.15) is 11.9 Å². The Kier molecular flexibility index (Phi) is 5.16. The van der Waals surface area contributed by atoms with Crippen molar-refractivity contribution < 1.29 is 9.53 Å². The molecule has 2 amide bonds. The van der Waals surface area contributed by atoms with Crippen LogP contribution in [0.2, 0.25) is 0 Å². The average molecular weight is 303 g/mol. The first-order valence-corrected chi connectivity index (χ1v) is 8.28. The van der Waals surface area contributed by atoms with Gasteiger partial charge in [-0.15, -0.1) is 0 Å². The fourth-order valence-corrected chi connectivity index (χ4v) is 3.14. The number of urea groups is 1. The van der Waals surface area contributed by atoms with Gasteiger partial charge in [0, 0.05) is 26.1 Å². The number of carbonyl (C=O) groups is 1. The van der Waals surface area contributed by atoms with E-state index in [1.165, 1.54) is 25.9 Å². The Morgan fingerprint density at radius 2 is 1.95 bits per heavy atom. The standard InChI is InChI=1S/C17H25N3O2/c21-17(18-9-13-19-10-4-5-11-19)20-12-8-16(14-20)22-15-6-2-1-3-7-15/h1-3,6-7,16H,4-5,8-14H2,(H,18,21). The monoisotopic (exact) mass is 303 g/mol. The molecule has 5 nitrogen and oxygen atoms in total. The van der Waals surface area contributed by atoms with Crippen LogP contribution in [-0.4, -0.2) is 61.2 Å². The molecule has 1 atom stereocenters. The zero-order chi connectivity index (χ0) is 15.2. The fraction of sp³-hybridized carbons (Fsp3) is 0.588. The molecule has 1 N–H and O–H groups in total. The first-order valence-electron chi connectivity index (χ1n) is 8.28. The van der Waals surface area contributed by atoms with E-state index in [1.54, 1.807) is 0 Å². The average Bonchev–Trinajstić information content (AvgIpc) is 3.20. The predicted molar refractivity (Wildman–Crippen MR) is 86.1 cm³/mol. The van der Waals surface area contributed by atoms with Crippen LogP contribution in [0.15, 0.2) is 30.3 Å². The molecule has 2 saturated heterocycles. The lowest BCUT2D eigenvalue weighted by atomic mass is 10.3.